The highest BCUT2D eigenvalue weighted by Gasteiger charge is 2.07. The van der Waals surface area contributed by atoms with Gasteiger partial charge in [0, 0.05) is 25.5 Å². The molecule has 0 aliphatic heterocycles. The predicted octanol–water partition coefficient (Wildman–Crippen LogP) is 2.89. The van der Waals surface area contributed by atoms with Crippen LogP contribution in [0.3, 0.4) is 0 Å². The largest absolute Gasteiger partial charge is 0.350 e. The zero-order chi connectivity index (χ0) is 17.5. The van der Waals surface area contributed by atoms with E-state index in [1.54, 1.807) is 0 Å². The maximum atomic E-state index is 11.9. The van der Waals surface area contributed by atoms with Crippen molar-refractivity contribution in [1.29, 1.82) is 0 Å². The van der Waals surface area contributed by atoms with Crippen molar-refractivity contribution in [2.24, 2.45) is 0 Å². The lowest BCUT2D eigenvalue weighted by Crippen LogP contribution is -2.37. The number of aromatic nitrogens is 2. The van der Waals surface area contributed by atoms with Crippen LogP contribution in [0, 0.1) is 0 Å². The Balaban J connectivity index is 1.63. The Labute approximate surface area is 146 Å². The van der Waals surface area contributed by atoms with E-state index in [0.717, 1.165) is 13.0 Å². The van der Waals surface area contributed by atoms with E-state index < -0.39 is 0 Å². The second-order valence-corrected chi connectivity index (χ2v) is 5.67. The number of nitrogens with one attached hydrogen (secondary N) is 3. The first kappa shape index (κ1) is 16.9. The lowest BCUT2D eigenvalue weighted by atomic mass is 10.0. The standard InChI is InChI=1S/C19H21N5O/c1-2-10-23-24-18(25)16-12-21-19(22-13-16)20-11-15-8-5-7-14-6-3-4-9-17(14)15/h3-9,12-13,23H,2,10-11H2,1H3,(H,24,25)(H,20,21,22). The van der Waals surface area contributed by atoms with Crippen LogP contribution in [0.1, 0.15) is 29.3 Å². The fraction of sp³-hybridized carbons (Fsp3) is 0.211. The monoisotopic (exact) mass is 335 g/mol. The van der Waals surface area contributed by atoms with E-state index in [1.165, 1.54) is 28.7 Å². The zero-order valence-electron chi connectivity index (χ0n) is 14.1. The maximum absolute atomic E-state index is 11.9. The van der Waals surface area contributed by atoms with Gasteiger partial charge in [0.25, 0.3) is 5.91 Å². The highest BCUT2D eigenvalue weighted by atomic mass is 16.2. The van der Waals surface area contributed by atoms with Crippen molar-refractivity contribution in [3.63, 3.8) is 0 Å². The molecule has 128 valence electrons. The van der Waals surface area contributed by atoms with Gasteiger partial charge in [0.2, 0.25) is 5.95 Å². The summed E-state index contributed by atoms with van der Waals surface area (Å²) in [6.07, 6.45) is 3.97. The third-order valence-corrected chi connectivity index (χ3v) is 3.81. The van der Waals surface area contributed by atoms with Gasteiger partial charge < -0.3 is 5.32 Å². The predicted molar refractivity (Wildman–Crippen MR) is 99.1 cm³/mol. The molecule has 0 spiro atoms. The molecular weight excluding hydrogens is 314 g/mol. The van der Waals surface area contributed by atoms with Crippen LogP contribution in [0.4, 0.5) is 5.95 Å². The number of carbonyl (C=O) groups excluding carboxylic acids is 1. The van der Waals surface area contributed by atoms with Gasteiger partial charge in [-0.05, 0) is 22.8 Å². The van der Waals surface area contributed by atoms with E-state index in [9.17, 15) is 4.79 Å². The van der Waals surface area contributed by atoms with Crippen LogP contribution in [0.2, 0.25) is 0 Å². The Bertz CT molecular complexity index is 843. The van der Waals surface area contributed by atoms with Crippen molar-refractivity contribution < 1.29 is 4.79 Å². The van der Waals surface area contributed by atoms with Gasteiger partial charge in [-0.25, -0.2) is 15.4 Å². The van der Waals surface area contributed by atoms with Gasteiger partial charge in [-0.1, -0.05) is 49.4 Å². The Morgan fingerprint density at radius 3 is 2.60 bits per heavy atom. The fourth-order valence-corrected chi connectivity index (χ4v) is 2.50. The molecule has 1 amide bonds. The molecule has 0 unspecified atom stereocenters. The summed E-state index contributed by atoms with van der Waals surface area (Å²) in [5.74, 6) is 0.250. The summed E-state index contributed by atoms with van der Waals surface area (Å²) < 4.78 is 0. The molecule has 0 radical (unpaired) electrons. The van der Waals surface area contributed by atoms with E-state index in [1.807, 2.05) is 25.1 Å². The van der Waals surface area contributed by atoms with Gasteiger partial charge in [0.1, 0.15) is 0 Å². The first-order valence-corrected chi connectivity index (χ1v) is 8.33. The smallest absolute Gasteiger partial charge is 0.268 e. The van der Waals surface area contributed by atoms with Crippen molar-refractivity contribution in [2.45, 2.75) is 19.9 Å². The summed E-state index contributed by atoms with van der Waals surface area (Å²) in [4.78, 5) is 20.3. The summed E-state index contributed by atoms with van der Waals surface area (Å²) in [6.45, 7) is 3.36. The summed E-state index contributed by atoms with van der Waals surface area (Å²) in [5.41, 5.74) is 7.04. The Kier molecular flexibility index (Phi) is 5.53. The van der Waals surface area contributed by atoms with Crippen LogP contribution < -0.4 is 16.2 Å². The molecule has 0 saturated heterocycles. The zero-order valence-corrected chi connectivity index (χ0v) is 14.1. The van der Waals surface area contributed by atoms with Gasteiger partial charge in [-0.15, -0.1) is 0 Å². The van der Waals surface area contributed by atoms with Gasteiger partial charge in [0.15, 0.2) is 0 Å². The van der Waals surface area contributed by atoms with Crippen LogP contribution in [0.15, 0.2) is 54.9 Å². The van der Waals surface area contributed by atoms with Crippen molar-refractivity contribution in [1.82, 2.24) is 20.8 Å². The third-order valence-electron chi connectivity index (χ3n) is 3.81. The topological polar surface area (TPSA) is 78.9 Å². The first-order chi connectivity index (χ1) is 12.3. The average molecular weight is 335 g/mol. The van der Waals surface area contributed by atoms with E-state index in [4.69, 9.17) is 0 Å². The van der Waals surface area contributed by atoms with Crippen LogP contribution in [-0.2, 0) is 6.54 Å². The number of hydrazine groups is 1. The lowest BCUT2D eigenvalue weighted by Gasteiger charge is -2.09. The van der Waals surface area contributed by atoms with Crippen LogP contribution in [0.5, 0.6) is 0 Å². The summed E-state index contributed by atoms with van der Waals surface area (Å²) in [5, 5.41) is 5.61. The molecule has 6 nitrogen and oxygen atoms in total. The number of anilines is 1. The summed E-state index contributed by atoms with van der Waals surface area (Å²) in [7, 11) is 0. The molecule has 3 rings (SSSR count). The molecule has 1 heterocycles. The Morgan fingerprint density at radius 2 is 1.80 bits per heavy atom. The van der Waals surface area contributed by atoms with Crippen molar-refractivity contribution in [2.75, 3.05) is 11.9 Å². The number of hydrogen-bond acceptors (Lipinski definition) is 5. The highest BCUT2D eigenvalue weighted by Crippen LogP contribution is 2.19. The van der Waals surface area contributed by atoms with E-state index in [-0.39, 0.29) is 5.91 Å². The van der Waals surface area contributed by atoms with Gasteiger partial charge in [-0.3, -0.25) is 10.2 Å². The molecule has 0 aliphatic carbocycles. The molecule has 0 atom stereocenters. The first-order valence-electron chi connectivity index (χ1n) is 8.33. The van der Waals surface area contributed by atoms with Crippen molar-refractivity contribution >= 4 is 22.6 Å². The quantitative estimate of drug-likeness (QED) is 0.457. The maximum Gasteiger partial charge on any atom is 0.268 e. The van der Waals surface area contributed by atoms with Crippen molar-refractivity contribution in [3.05, 3.63) is 66.0 Å². The van der Waals surface area contributed by atoms with Gasteiger partial charge in [-0.2, -0.15) is 0 Å². The number of nitrogens with zero attached hydrogens (tertiary/aromatic N) is 2. The number of rotatable bonds is 7. The SMILES string of the molecule is CCCNNC(=O)c1cnc(NCc2cccc3ccccc23)nc1. The van der Waals surface area contributed by atoms with Crippen LogP contribution in [0.25, 0.3) is 10.8 Å². The molecule has 25 heavy (non-hydrogen) atoms. The Hall–Kier alpha value is -2.99. The summed E-state index contributed by atoms with van der Waals surface area (Å²) >= 11 is 0. The van der Waals surface area contributed by atoms with Gasteiger partial charge >= 0.3 is 0 Å². The van der Waals surface area contributed by atoms with E-state index >= 15 is 0 Å². The molecule has 0 bridgehead atoms. The minimum atomic E-state index is -0.242. The average Bonchev–Trinajstić information content (AvgIpc) is 2.67. The molecule has 1 aromatic heterocycles. The lowest BCUT2D eigenvalue weighted by molar-refractivity contribution is 0.0932. The number of benzene rings is 2. The second-order valence-electron chi connectivity index (χ2n) is 5.67. The molecular formula is C19H21N5O. The number of fused-ring (bicyclic) bond motifs is 1. The normalized spacial score (nSPS) is 10.6. The molecule has 3 N–H and O–H groups in total. The summed E-state index contributed by atoms with van der Waals surface area (Å²) in [6, 6.07) is 14.5. The number of carbonyl (C=O) groups is 1. The molecule has 0 fully saturated rings. The molecule has 6 heteroatoms. The Morgan fingerprint density at radius 1 is 1.04 bits per heavy atom. The number of amides is 1. The molecule has 0 saturated carbocycles. The molecule has 3 aromatic rings. The van der Waals surface area contributed by atoms with Crippen LogP contribution >= 0.6 is 0 Å². The molecule has 0 aliphatic rings. The fourth-order valence-electron chi connectivity index (χ4n) is 2.50. The van der Waals surface area contributed by atoms with Crippen LogP contribution in [-0.4, -0.2) is 22.4 Å². The van der Waals surface area contributed by atoms with E-state index in [2.05, 4.69) is 50.4 Å². The second kappa shape index (κ2) is 8.21. The van der Waals surface area contributed by atoms with Gasteiger partial charge in [0.05, 0.1) is 5.56 Å². The minimum absolute atomic E-state index is 0.242. The molecule has 2 aromatic carbocycles. The third kappa shape index (κ3) is 4.30. The number of hydrogen-bond donors (Lipinski definition) is 3. The van der Waals surface area contributed by atoms with Crippen molar-refractivity contribution in [3.8, 4) is 0 Å². The highest BCUT2D eigenvalue weighted by molar-refractivity contribution is 5.93. The minimum Gasteiger partial charge on any atom is -0.350 e. The van der Waals surface area contributed by atoms with E-state index in [0.29, 0.717) is 18.1 Å².